The standard InChI is InChI=1S/C32H37NO/c1-19-15-26(16-24-17-29-31(21(3)30(19)24)20(2)22(4)34-29)33-28-14-13-25(32(5,6)7)18-27(28)23-11-9-8-10-12-23/h8-14,17-19,26,33H,15-16H2,1-7H3. The van der Waals surface area contributed by atoms with E-state index < -0.39 is 0 Å². The maximum Gasteiger partial charge on any atom is 0.135 e. The summed E-state index contributed by atoms with van der Waals surface area (Å²) in [6.07, 6.45) is 2.15. The molecule has 1 N–H and O–H groups in total. The Balaban J connectivity index is 1.52. The summed E-state index contributed by atoms with van der Waals surface area (Å²) >= 11 is 0. The average Bonchev–Trinajstić information content (AvgIpc) is 3.07. The Morgan fingerprint density at radius 1 is 0.912 bits per heavy atom. The molecule has 0 saturated carbocycles. The number of hydrogen-bond acceptors (Lipinski definition) is 2. The molecule has 4 aromatic rings. The summed E-state index contributed by atoms with van der Waals surface area (Å²) in [5.41, 5.74) is 11.9. The molecule has 34 heavy (non-hydrogen) atoms. The molecule has 1 heterocycles. The van der Waals surface area contributed by atoms with Crippen molar-refractivity contribution < 1.29 is 4.42 Å². The molecule has 3 aromatic carbocycles. The first kappa shape index (κ1) is 22.8. The van der Waals surface area contributed by atoms with Crippen LogP contribution in [0.25, 0.3) is 22.1 Å². The fourth-order valence-corrected chi connectivity index (χ4v) is 5.90. The van der Waals surface area contributed by atoms with Crippen molar-refractivity contribution in [3.63, 3.8) is 0 Å². The zero-order chi connectivity index (χ0) is 24.2. The Morgan fingerprint density at radius 3 is 2.35 bits per heavy atom. The van der Waals surface area contributed by atoms with Crippen LogP contribution in [0.5, 0.6) is 0 Å². The van der Waals surface area contributed by atoms with Crippen molar-refractivity contribution >= 4 is 16.7 Å². The molecule has 0 saturated heterocycles. The third-order valence-corrected chi connectivity index (χ3v) is 7.77. The van der Waals surface area contributed by atoms with Crippen molar-refractivity contribution in [1.82, 2.24) is 0 Å². The lowest BCUT2D eigenvalue weighted by Gasteiger charge is -2.33. The van der Waals surface area contributed by atoms with E-state index in [1.165, 1.54) is 50.0 Å². The Bertz CT molecular complexity index is 1350. The molecule has 176 valence electrons. The van der Waals surface area contributed by atoms with Crippen molar-refractivity contribution in [1.29, 1.82) is 0 Å². The first-order chi connectivity index (χ1) is 16.1. The maximum absolute atomic E-state index is 6.14. The highest BCUT2D eigenvalue weighted by Gasteiger charge is 2.29. The number of aryl methyl sites for hydroxylation is 3. The average molecular weight is 452 g/mol. The number of fused-ring (bicyclic) bond motifs is 2. The van der Waals surface area contributed by atoms with E-state index in [0.29, 0.717) is 12.0 Å². The van der Waals surface area contributed by atoms with Crippen LogP contribution in [0, 0.1) is 20.8 Å². The van der Waals surface area contributed by atoms with Crippen LogP contribution in [0.4, 0.5) is 5.69 Å². The number of furan rings is 1. The molecule has 0 fully saturated rings. The van der Waals surface area contributed by atoms with Gasteiger partial charge in [0.15, 0.2) is 0 Å². The number of benzene rings is 3. The van der Waals surface area contributed by atoms with Crippen LogP contribution in [-0.2, 0) is 11.8 Å². The lowest BCUT2D eigenvalue weighted by Crippen LogP contribution is -2.30. The number of anilines is 1. The van der Waals surface area contributed by atoms with Gasteiger partial charge in [0.1, 0.15) is 11.3 Å². The molecule has 2 heteroatoms. The minimum Gasteiger partial charge on any atom is -0.461 e. The predicted octanol–water partition coefficient (Wildman–Crippen LogP) is 8.85. The van der Waals surface area contributed by atoms with Gasteiger partial charge in [0.25, 0.3) is 0 Å². The van der Waals surface area contributed by atoms with Crippen LogP contribution >= 0.6 is 0 Å². The van der Waals surface area contributed by atoms with Crippen molar-refractivity contribution in [2.45, 2.75) is 78.7 Å². The van der Waals surface area contributed by atoms with Gasteiger partial charge in [0.05, 0.1) is 0 Å². The quantitative estimate of drug-likeness (QED) is 0.336. The summed E-state index contributed by atoms with van der Waals surface area (Å²) in [5, 5.41) is 5.27. The van der Waals surface area contributed by atoms with Gasteiger partial charge in [-0.1, -0.05) is 64.1 Å². The zero-order valence-corrected chi connectivity index (χ0v) is 21.7. The van der Waals surface area contributed by atoms with E-state index in [-0.39, 0.29) is 5.41 Å². The van der Waals surface area contributed by atoms with Crippen LogP contribution < -0.4 is 5.32 Å². The second kappa shape index (κ2) is 8.34. The Kier molecular flexibility index (Phi) is 5.59. The largest absolute Gasteiger partial charge is 0.461 e. The highest BCUT2D eigenvalue weighted by molar-refractivity contribution is 5.88. The van der Waals surface area contributed by atoms with Gasteiger partial charge in [-0.3, -0.25) is 0 Å². The number of hydrogen-bond donors (Lipinski definition) is 1. The van der Waals surface area contributed by atoms with Crippen LogP contribution in [-0.4, -0.2) is 6.04 Å². The number of rotatable bonds is 3. The third-order valence-electron chi connectivity index (χ3n) is 7.77. The van der Waals surface area contributed by atoms with E-state index in [0.717, 1.165) is 24.2 Å². The molecule has 1 aliphatic rings. The van der Waals surface area contributed by atoms with Crippen molar-refractivity contribution in [2.24, 2.45) is 0 Å². The monoisotopic (exact) mass is 451 g/mol. The third kappa shape index (κ3) is 3.94. The number of nitrogens with one attached hydrogen (secondary N) is 1. The van der Waals surface area contributed by atoms with Gasteiger partial charge in [0, 0.05) is 22.7 Å². The maximum atomic E-state index is 6.14. The van der Waals surface area contributed by atoms with E-state index in [1.807, 2.05) is 0 Å². The lowest BCUT2D eigenvalue weighted by atomic mass is 9.77. The van der Waals surface area contributed by atoms with Crippen molar-refractivity contribution in [3.8, 4) is 11.1 Å². The summed E-state index contributed by atoms with van der Waals surface area (Å²) in [7, 11) is 0. The van der Waals surface area contributed by atoms with E-state index in [2.05, 4.69) is 108 Å². The molecule has 0 amide bonds. The van der Waals surface area contributed by atoms with Gasteiger partial charge in [-0.05, 0) is 96.5 Å². The normalized spacial score (nSPS) is 18.2. The van der Waals surface area contributed by atoms with E-state index in [4.69, 9.17) is 4.42 Å². The highest BCUT2D eigenvalue weighted by atomic mass is 16.3. The predicted molar refractivity (Wildman–Crippen MR) is 145 cm³/mol. The van der Waals surface area contributed by atoms with Gasteiger partial charge in [0.2, 0.25) is 0 Å². The van der Waals surface area contributed by atoms with E-state index >= 15 is 0 Å². The second-order valence-electron chi connectivity index (χ2n) is 11.3. The Labute approximate surface area is 204 Å². The molecule has 1 aromatic heterocycles. The van der Waals surface area contributed by atoms with E-state index in [9.17, 15) is 0 Å². The fourth-order valence-electron chi connectivity index (χ4n) is 5.90. The fraction of sp³-hybridized carbons (Fsp3) is 0.375. The van der Waals surface area contributed by atoms with E-state index in [1.54, 1.807) is 0 Å². The zero-order valence-electron chi connectivity index (χ0n) is 21.7. The second-order valence-corrected chi connectivity index (χ2v) is 11.3. The van der Waals surface area contributed by atoms with Gasteiger partial charge >= 0.3 is 0 Å². The summed E-state index contributed by atoms with van der Waals surface area (Å²) in [4.78, 5) is 0. The molecule has 5 rings (SSSR count). The van der Waals surface area contributed by atoms with Crippen LogP contribution in [0.1, 0.15) is 73.6 Å². The van der Waals surface area contributed by atoms with Gasteiger partial charge in [-0.25, -0.2) is 0 Å². The summed E-state index contributed by atoms with van der Waals surface area (Å²) in [5.74, 6) is 1.54. The Hall–Kier alpha value is -3.00. The minimum absolute atomic E-state index is 0.114. The highest BCUT2D eigenvalue weighted by Crippen LogP contribution is 2.41. The molecule has 2 atom stereocenters. The first-order valence-corrected chi connectivity index (χ1v) is 12.6. The van der Waals surface area contributed by atoms with Gasteiger partial charge < -0.3 is 9.73 Å². The molecular weight excluding hydrogens is 414 g/mol. The molecule has 0 radical (unpaired) electrons. The minimum atomic E-state index is 0.114. The lowest BCUT2D eigenvalue weighted by molar-refractivity contribution is 0.534. The SMILES string of the molecule is Cc1oc2cc3c(c(C)c2c1C)C(C)CC(Nc1ccc(C(C)(C)C)cc1-c1ccccc1)C3. The molecule has 2 unspecified atom stereocenters. The van der Waals surface area contributed by atoms with Crippen LogP contribution in [0.15, 0.2) is 59.0 Å². The summed E-state index contributed by atoms with van der Waals surface area (Å²) in [6, 6.07) is 20.4. The topological polar surface area (TPSA) is 25.2 Å². The molecule has 0 aliphatic heterocycles. The van der Waals surface area contributed by atoms with Crippen molar-refractivity contribution in [2.75, 3.05) is 5.32 Å². The van der Waals surface area contributed by atoms with Crippen molar-refractivity contribution in [3.05, 3.63) is 88.2 Å². The van der Waals surface area contributed by atoms with Crippen LogP contribution in [0.3, 0.4) is 0 Å². The summed E-state index contributed by atoms with van der Waals surface area (Å²) < 4.78 is 6.14. The van der Waals surface area contributed by atoms with Crippen LogP contribution in [0.2, 0.25) is 0 Å². The molecule has 0 bridgehead atoms. The summed E-state index contributed by atoms with van der Waals surface area (Å²) in [6.45, 7) is 15.8. The molecule has 1 aliphatic carbocycles. The molecular formula is C32H37NO. The Morgan fingerprint density at radius 2 is 1.65 bits per heavy atom. The first-order valence-electron chi connectivity index (χ1n) is 12.6. The van der Waals surface area contributed by atoms with Gasteiger partial charge in [-0.2, -0.15) is 0 Å². The smallest absolute Gasteiger partial charge is 0.135 e. The molecule has 0 spiro atoms. The van der Waals surface area contributed by atoms with Gasteiger partial charge in [-0.15, -0.1) is 0 Å². The molecule has 2 nitrogen and oxygen atoms in total.